The van der Waals surface area contributed by atoms with Crippen molar-refractivity contribution in [2.75, 3.05) is 6.54 Å². The molecule has 0 amide bonds. The molecular weight excluding hydrogens is 265 g/mol. The lowest BCUT2D eigenvalue weighted by molar-refractivity contribution is 0.399. The molecule has 66 valence electrons. The van der Waals surface area contributed by atoms with Crippen LogP contribution in [0.3, 0.4) is 0 Å². The van der Waals surface area contributed by atoms with Crippen LogP contribution in [0.4, 0.5) is 0 Å². The van der Waals surface area contributed by atoms with Crippen molar-refractivity contribution in [3.05, 3.63) is 15.7 Å². The van der Waals surface area contributed by atoms with Gasteiger partial charge in [0.15, 0.2) is 0 Å². The van der Waals surface area contributed by atoms with Gasteiger partial charge in [0.1, 0.15) is 5.82 Å². The van der Waals surface area contributed by atoms with E-state index in [0.29, 0.717) is 6.04 Å². The van der Waals surface area contributed by atoms with Gasteiger partial charge in [-0.15, -0.1) is 0 Å². The molecule has 1 saturated heterocycles. The molecule has 1 unspecified atom stereocenters. The van der Waals surface area contributed by atoms with Crippen LogP contribution in [0.2, 0.25) is 0 Å². The van der Waals surface area contributed by atoms with Crippen molar-refractivity contribution in [3.63, 3.8) is 0 Å². The molecular formula is C8H12IN3. The third-order valence-corrected chi connectivity index (χ3v) is 2.75. The van der Waals surface area contributed by atoms with Gasteiger partial charge in [-0.05, 0) is 42.0 Å². The highest BCUT2D eigenvalue weighted by Crippen LogP contribution is 2.20. The fourth-order valence-electron chi connectivity index (χ4n) is 1.58. The van der Waals surface area contributed by atoms with Gasteiger partial charge in [0.05, 0.1) is 15.9 Å². The summed E-state index contributed by atoms with van der Waals surface area (Å²) in [5.41, 5.74) is 0. The van der Waals surface area contributed by atoms with Crippen LogP contribution < -0.4 is 5.32 Å². The molecule has 0 bridgehead atoms. The number of nitrogens with one attached hydrogen (secondary N) is 2. The molecule has 0 aliphatic carbocycles. The Labute approximate surface area is 85.5 Å². The van der Waals surface area contributed by atoms with E-state index in [2.05, 4.69) is 37.9 Å². The van der Waals surface area contributed by atoms with E-state index in [0.717, 1.165) is 16.1 Å². The summed E-state index contributed by atoms with van der Waals surface area (Å²) in [6, 6.07) is 0.460. The van der Waals surface area contributed by atoms with Crippen molar-refractivity contribution in [2.24, 2.45) is 0 Å². The molecule has 1 aromatic rings. The number of aromatic amines is 1. The van der Waals surface area contributed by atoms with Gasteiger partial charge in [-0.3, -0.25) is 0 Å². The van der Waals surface area contributed by atoms with Gasteiger partial charge in [-0.25, -0.2) is 4.98 Å². The molecule has 1 aliphatic rings. The Bertz CT molecular complexity index is 253. The van der Waals surface area contributed by atoms with Crippen LogP contribution in [0.5, 0.6) is 0 Å². The Hall–Kier alpha value is -0.100. The summed E-state index contributed by atoms with van der Waals surface area (Å²) in [7, 11) is 0. The van der Waals surface area contributed by atoms with Crippen LogP contribution in [-0.2, 0) is 0 Å². The topological polar surface area (TPSA) is 40.7 Å². The first-order valence-electron chi connectivity index (χ1n) is 4.30. The van der Waals surface area contributed by atoms with Crippen LogP contribution in [0.25, 0.3) is 0 Å². The first-order valence-corrected chi connectivity index (χ1v) is 5.38. The minimum absolute atomic E-state index is 0.460. The molecule has 2 N–H and O–H groups in total. The van der Waals surface area contributed by atoms with Gasteiger partial charge in [-0.1, -0.05) is 6.42 Å². The quantitative estimate of drug-likeness (QED) is 0.769. The highest BCUT2D eigenvalue weighted by molar-refractivity contribution is 14.1. The van der Waals surface area contributed by atoms with E-state index in [-0.39, 0.29) is 0 Å². The predicted molar refractivity (Wildman–Crippen MR) is 55.9 cm³/mol. The maximum Gasteiger partial charge on any atom is 0.124 e. The molecule has 12 heavy (non-hydrogen) atoms. The van der Waals surface area contributed by atoms with Gasteiger partial charge >= 0.3 is 0 Å². The highest BCUT2D eigenvalue weighted by Gasteiger charge is 2.16. The average molecular weight is 277 g/mol. The molecule has 1 aliphatic heterocycles. The largest absolute Gasteiger partial charge is 0.336 e. The van der Waals surface area contributed by atoms with Gasteiger partial charge in [0, 0.05) is 0 Å². The summed E-state index contributed by atoms with van der Waals surface area (Å²) < 4.78 is 1.12. The zero-order valence-electron chi connectivity index (χ0n) is 6.81. The molecule has 1 atom stereocenters. The third kappa shape index (κ3) is 1.80. The van der Waals surface area contributed by atoms with Gasteiger partial charge in [0.2, 0.25) is 0 Å². The smallest absolute Gasteiger partial charge is 0.124 e. The molecule has 3 nitrogen and oxygen atoms in total. The Morgan fingerprint density at radius 1 is 1.50 bits per heavy atom. The zero-order valence-corrected chi connectivity index (χ0v) is 8.97. The first kappa shape index (κ1) is 8.50. The maximum atomic E-state index is 4.31. The number of H-pyrrole nitrogens is 1. The zero-order chi connectivity index (χ0) is 8.39. The van der Waals surface area contributed by atoms with Crippen molar-refractivity contribution in [2.45, 2.75) is 25.3 Å². The summed E-state index contributed by atoms with van der Waals surface area (Å²) in [4.78, 5) is 7.57. The molecule has 0 spiro atoms. The number of halogens is 1. The standard InChI is InChI=1S/C8H12IN3/c9-7-5-11-8(12-7)6-3-1-2-4-10-6/h5-6,10H,1-4H2,(H,11,12). The van der Waals surface area contributed by atoms with Gasteiger partial charge in [-0.2, -0.15) is 0 Å². The van der Waals surface area contributed by atoms with E-state index >= 15 is 0 Å². The Kier molecular flexibility index (Phi) is 2.65. The van der Waals surface area contributed by atoms with E-state index in [9.17, 15) is 0 Å². The number of rotatable bonds is 1. The number of hydrogen-bond acceptors (Lipinski definition) is 2. The lowest BCUT2D eigenvalue weighted by atomic mass is 10.0. The van der Waals surface area contributed by atoms with Crippen molar-refractivity contribution in [1.82, 2.24) is 15.3 Å². The summed E-state index contributed by atoms with van der Waals surface area (Å²) in [5.74, 6) is 1.10. The number of hydrogen-bond donors (Lipinski definition) is 2. The number of nitrogens with zero attached hydrogens (tertiary/aromatic N) is 1. The van der Waals surface area contributed by atoms with Crippen LogP contribution in [0.15, 0.2) is 6.20 Å². The molecule has 2 rings (SSSR count). The normalized spacial score (nSPS) is 24.2. The lowest BCUT2D eigenvalue weighted by Gasteiger charge is -2.21. The van der Waals surface area contributed by atoms with Crippen LogP contribution in [0.1, 0.15) is 31.1 Å². The fourth-order valence-corrected chi connectivity index (χ4v) is 1.99. The second-order valence-electron chi connectivity index (χ2n) is 3.12. The summed E-state index contributed by atoms with van der Waals surface area (Å²) in [5, 5.41) is 3.45. The fraction of sp³-hybridized carbons (Fsp3) is 0.625. The lowest BCUT2D eigenvalue weighted by Crippen LogP contribution is -2.27. The van der Waals surface area contributed by atoms with Crippen molar-refractivity contribution < 1.29 is 0 Å². The van der Waals surface area contributed by atoms with Crippen LogP contribution in [-0.4, -0.2) is 16.5 Å². The van der Waals surface area contributed by atoms with Crippen molar-refractivity contribution in [1.29, 1.82) is 0 Å². The Balaban J connectivity index is 2.08. The summed E-state index contributed by atoms with van der Waals surface area (Å²) in [6.07, 6.45) is 5.71. The first-order chi connectivity index (χ1) is 5.86. The average Bonchev–Trinajstić information content (AvgIpc) is 2.54. The second kappa shape index (κ2) is 3.74. The van der Waals surface area contributed by atoms with E-state index in [1.807, 2.05) is 6.20 Å². The van der Waals surface area contributed by atoms with Crippen LogP contribution >= 0.6 is 22.6 Å². The number of aromatic nitrogens is 2. The third-order valence-electron chi connectivity index (χ3n) is 2.20. The van der Waals surface area contributed by atoms with E-state index in [1.54, 1.807) is 0 Å². The molecule has 0 aromatic carbocycles. The monoisotopic (exact) mass is 277 g/mol. The minimum Gasteiger partial charge on any atom is -0.336 e. The van der Waals surface area contributed by atoms with Gasteiger partial charge < -0.3 is 10.3 Å². The highest BCUT2D eigenvalue weighted by atomic mass is 127. The van der Waals surface area contributed by atoms with Crippen molar-refractivity contribution >= 4 is 22.6 Å². The van der Waals surface area contributed by atoms with E-state index in [4.69, 9.17) is 0 Å². The van der Waals surface area contributed by atoms with E-state index in [1.165, 1.54) is 19.3 Å². The number of piperidine rings is 1. The minimum atomic E-state index is 0.460. The molecule has 0 saturated carbocycles. The second-order valence-corrected chi connectivity index (χ2v) is 4.28. The van der Waals surface area contributed by atoms with E-state index < -0.39 is 0 Å². The molecule has 0 radical (unpaired) electrons. The maximum absolute atomic E-state index is 4.31. The summed E-state index contributed by atoms with van der Waals surface area (Å²) in [6.45, 7) is 1.13. The predicted octanol–water partition coefficient (Wildman–Crippen LogP) is 1.83. The molecule has 2 heterocycles. The van der Waals surface area contributed by atoms with Crippen molar-refractivity contribution in [3.8, 4) is 0 Å². The Morgan fingerprint density at radius 2 is 2.42 bits per heavy atom. The Morgan fingerprint density at radius 3 is 3.00 bits per heavy atom. The summed E-state index contributed by atoms with van der Waals surface area (Å²) >= 11 is 2.25. The number of imidazole rings is 1. The van der Waals surface area contributed by atoms with Gasteiger partial charge in [0.25, 0.3) is 0 Å². The molecule has 1 fully saturated rings. The molecule has 1 aromatic heterocycles. The van der Waals surface area contributed by atoms with Crippen LogP contribution in [0, 0.1) is 3.70 Å². The molecule has 4 heteroatoms. The SMILES string of the molecule is Ic1cnc(C2CCCCN2)[nH]1.